The van der Waals surface area contributed by atoms with Gasteiger partial charge in [-0.25, -0.2) is 0 Å². The summed E-state index contributed by atoms with van der Waals surface area (Å²) < 4.78 is 5.01. The van der Waals surface area contributed by atoms with Gasteiger partial charge in [0.25, 0.3) is 5.91 Å². The molecule has 0 aliphatic rings. The first-order chi connectivity index (χ1) is 9.06. The van der Waals surface area contributed by atoms with Crippen LogP contribution in [-0.4, -0.2) is 27.9 Å². The predicted molar refractivity (Wildman–Crippen MR) is 67.9 cm³/mol. The quantitative estimate of drug-likeness (QED) is 0.802. The summed E-state index contributed by atoms with van der Waals surface area (Å²) in [6.45, 7) is 3.58. The molecular formula is C13H15N3O3. The van der Waals surface area contributed by atoms with Crippen LogP contribution >= 0.6 is 0 Å². The standard InChI is InChI=1S/C13H15N3O3/c1-8(7-11(17)12-4-3-5-19-12)14-13(18)10-6-9(2)15-16-10/h3-6,8H,7H2,1-2H3,(H,14,18)(H,15,16)/t8-/m0/s1. The van der Waals surface area contributed by atoms with Crippen molar-refractivity contribution in [1.29, 1.82) is 0 Å². The molecule has 1 amide bonds. The predicted octanol–water partition coefficient (Wildman–Crippen LogP) is 1.70. The highest BCUT2D eigenvalue weighted by Crippen LogP contribution is 2.07. The number of rotatable bonds is 5. The second kappa shape index (κ2) is 5.51. The summed E-state index contributed by atoms with van der Waals surface area (Å²) >= 11 is 0. The van der Waals surface area contributed by atoms with Crippen molar-refractivity contribution in [3.8, 4) is 0 Å². The second-order valence-corrected chi connectivity index (χ2v) is 4.42. The molecule has 0 radical (unpaired) electrons. The van der Waals surface area contributed by atoms with Crippen molar-refractivity contribution < 1.29 is 14.0 Å². The van der Waals surface area contributed by atoms with Gasteiger partial charge in [-0.05, 0) is 32.0 Å². The molecule has 19 heavy (non-hydrogen) atoms. The van der Waals surface area contributed by atoms with Crippen molar-refractivity contribution in [2.45, 2.75) is 26.3 Å². The molecule has 2 aromatic heterocycles. The Morgan fingerprint density at radius 1 is 1.53 bits per heavy atom. The van der Waals surface area contributed by atoms with E-state index in [-0.39, 0.29) is 24.2 Å². The summed E-state index contributed by atoms with van der Waals surface area (Å²) in [4.78, 5) is 23.6. The lowest BCUT2D eigenvalue weighted by Gasteiger charge is -2.11. The number of amides is 1. The number of aromatic amines is 1. The van der Waals surface area contributed by atoms with Crippen LogP contribution in [0, 0.1) is 6.92 Å². The van der Waals surface area contributed by atoms with Crippen molar-refractivity contribution in [1.82, 2.24) is 15.5 Å². The number of aromatic nitrogens is 2. The van der Waals surface area contributed by atoms with E-state index in [0.717, 1.165) is 5.69 Å². The molecule has 0 saturated heterocycles. The Morgan fingerprint density at radius 3 is 2.89 bits per heavy atom. The summed E-state index contributed by atoms with van der Waals surface area (Å²) in [6.07, 6.45) is 1.63. The highest BCUT2D eigenvalue weighted by Gasteiger charge is 2.17. The van der Waals surface area contributed by atoms with Gasteiger partial charge in [0, 0.05) is 18.2 Å². The summed E-state index contributed by atoms with van der Waals surface area (Å²) in [5.41, 5.74) is 1.12. The van der Waals surface area contributed by atoms with Crippen molar-refractivity contribution in [3.05, 3.63) is 41.6 Å². The normalized spacial score (nSPS) is 12.1. The maximum absolute atomic E-state index is 11.8. The van der Waals surface area contributed by atoms with Gasteiger partial charge in [0.1, 0.15) is 5.69 Å². The molecule has 2 rings (SSSR count). The fourth-order valence-corrected chi connectivity index (χ4v) is 1.70. The van der Waals surface area contributed by atoms with Gasteiger partial charge in [-0.1, -0.05) is 0 Å². The van der Waals surface area contributed by atoms with Gasteiger partial charge < -0.3 is 9.73 Å². The number of H-pyrrole nitrogens is 1. The van der Waals surface area contributed by atoms with E-state index in [4.69, 9.17) is 4.42 Å². The first-order valence-corrected chi connectivity index (χ1v) is 5.96. The lowest BCUT2D eigenvalue weighted by molar-refractivity contribution is 0.0904. The average molecular weight is 261 g/mol. The molecule has 2 heterocycles. The van der Waals surface area contributed by atoms with Crippen molar-refractivity contribution in [2.24, 2.45) is 0 Å². The first-order valence-electron chi connectivity index (χ1n) is 5.96. The summed E-state index contributed by atoms with van der Waals surface area (Å²) in [5, 5.41) is 9.27. The van der Waals surface area contributed by atoms with Crippen molar-refractivity contribution >= 4 is 11.7 Å². The van der Waals surface area contributed by atoms with Crippen LogP contribution in [0.15, 0.2) is 28.9 Å². The molecule has 0 fully saturated rings. The fourth-order valence-electron chi connectivity index (χ4n) is 1.70. The second-order valence-electron chi connectivity index (χ2n) is 4.42. The molecular weight excluding hydrogens is 246 g/mol. The van der Waals surface area contributed by atoms with E-state index in [0.29, 0.717) is 11.5 Å². The number of hydrogen-bond donors (Lipinski definition) is 2. The van der Waals surface area contributed by atoms with E-state index in [9.17, 15) is 9.59 Å². The molecule has 0 bridgehead atoms. The number of aryl methyl sites for hydroxylation is 1. The maximum atomic E-state index is 11.8. The minimum atomic E-state index is -0.302. The Hall–Kier alpha value is -2.37. The summed E-state index contributed by atoms with van der Waals surface area (Å²) in [5.74, 6) is -0.142. The van der Waals surface area contributed by atoms with E-state index in [2.05, 4.69) is 15.5 Å². The van der Waals surface area contributed by atoms with Gasteiger partial charge in [0.15, 0.2) is 11.5 Å². The zero-order valence-electron chi connectivity index (χ0n) is 10.8. The molecule has 6 heteroatoms. The van der Waals surface area contributed by atoms with Crippen LogP contribution < -0.4 is 5.32 Å². The minimum Gasteiger partial charge on any atom is -0.461 e. The number of Topliss-reactive ketones (excluding diaryl/α,β-unsaturated/α-hetero) is 1. The number of carbonyl (C=O) groups is 2. The van der Waals surface area contributed by atoms with Crippen molar-refractivity contribution in [3.63, 3.8) is 0 Å². The van der Waals surface area contributed by atoms with E-state index in [1.54, 1.807) is 25.1 Å². The van der Waals surface area contributed by atoms with Crippen LogP contribution in [0.5, 0.6) is 0 Å². The molecule has 0 unspecified atom stereocenters. The van der Waals surface area contributed by atoms with E-state index < -0.39 is 0 Å². The molecule has 1 atom stereocenters. The third-order valence-electron chi connectivity index (χ3n) is 2.60. The van der Waals surface area contributed by atoms with E-state index in [1.807, 2.05) is 6.92 Å². The topological polar surface area (TPSA) is 88.0 Å². The monoisotopic (exact) mass is 261 g/mol. The number of ketones is 1. The van der Waals surface area contributed by atoms with E-state index in [1.165, 1.54) is 6.26 Å². The first kappa shape index (κ1) is 13.1. The van der Waals surface area contributed by atoms with Crippen LogP contribution in [0.3, 0.4) is 0 Å². The van der Waals surface area contributed by atoms with Crippen LogP contribution in [0.1, 0.15) is 40.1 Å². The SMILES string of the molecule is Cc1cc(C(=O)N[C@@H](C)CC(=O)c2ccco2)n[nH]1. The Balaban J connectivity index is 1.89. The highest BCUT2D eigenvalue weighted by atomic mass is 16.3. The lowest BCUT2D eigenvalue weighted by Crippen LogP contribution is -2.34. The van der Waals surface area contributed by atoms with Gasteiger partial charge in [-0.2, -0.15) is 5.10 Å². The van der Waals surface area contributed by atoms with Gasteiger partial charge >= 0.3 is 0 Å². The largest absolute Gasteiger partial charge is 0.461 e. The Kier molecular flexibility index (Phi) is 3.79. The van der Waals surface area contributed by atoms with Crippen molar-refractivity contribution in [2.75, 3.05) is 0 Å². The number of carbonyl (C=O) groups excluding carboxylic acids is 2. The minimum absolute atomic E-state index is 0.143. The highest BCUT2D eigenvalue weighted by molar-refractivity contribution is 5.95. The van der Waals surface area contributed by atoms with Crippen LogP contribution in [0.25, 0.3) is 0 Å². The number of hydrogen-bond acceptors (Lipinski definition) is 4. The zero-order chi connectivity index (χ0) is 13.8. The Bertz CT molecular complexity index is 572. The smallest absolute Gasteiger partial charge is 0.271 e. The van der Waals surface area contributed by atoms with Gasteiger partial charge in [0.2, 0.25) is 0 Å². The molecule has 0 aliphatic carbocycles. The maximum Gasteiger partial charge on any atom is 0.271 e. The van der Waals surface area contributed by atoms with Crippen LogP contribution in [0.4, 0.5) is 0 Å². The molecule has 0 aliphatic heterocycles. The average Bonchev–Trinajstić information content (AvgIpc) is 2.98. The van der Waals surface area contributed by atoms with Crippen LogP contribution in [-0.2, 0) is 0 Å². The number of nitrogens with one attached hydrogen (secondary N) is 2. The molecule has 0 aromatic carbocycles. The van der Waals surface area contributed by atoms with Gasteiger partial charge in [0.05, 0.1) is 6.26 Å². The Labute approximate surface area is 110 Å². The lowest BCUT2D eigenvalue weighted by atomic mass is 10.1. The molecule has 2 aromatic rings. The van der Waals surface area contributed by atoms with Crippen LogP contribution in [0.2, 0.25) is 0 Å². The zero-order valence-corrected chi connectivity index (χ0v) is 10.8. The molecule has 2 N–H and O–H groups in total. The summed E-state index contributed by atoms with van der Waals surface area (Å²) in [6, 6.07) is 4.62. The fraction of sp³-hybridized carbons (Fsp3) is 0.308. The molecule has 0 spiro atoms. The third kappa shape index (κ3) is 3.31. The molecule has 6 nitrogen and oxygen atoms in total. The Morgan fingerprint density at radius 2 is 2.32 bits per heavy atom. The third-order valence-corrected chi connectivity index (χ3v) is 2.60. The number of nitrogens with zero attached hydrogens (tertiary/aromatic N) is 1. The summed E-state index contributed by atoms with van der Waals surface area (Å²) in [7, 11) is 0. The van der Waals surface area contributed by atoms with Gasteiger partial charge in [-0.3, -0.25) is 14.7 Å². The van der Waals surface area contributed by atoms with Gasteiger partial charge in [-0.15, -0.1) is 0 Å². The molecule has 0 saturated carbocycles. The van der Waals surface area contributed by atoms with E-state index >= 15 is 0 Å². The molecule has 100 valence electrons. The number of furan rings is 1.